The summed E-state index contributed by atoms with van der Waals surface area (Å²) < 4.78 is 99.2. The molecule has 0 spiro atoms. The van der Waals surface area contributed by atoms with Gasteiger partial charge in [-0.2, -0.15) is 25.3 Å². The maximum absolute atomic E-state index is 12.0. The topological polar surface area (TPSA) is 269 Å². The molecule has 0 radical (unpaired) electrons. The van der Waals surface area contributed by atoms with Crippen LogP contribution in [0.1, 0.15) is 0 Å². The predicted molar refractivity (Wildman–Crippen MR) is 143 cm³/mol. The molecule has 8 N–H and O–H groups in total. The molecule has 0 aliphatic heterocycles. The number of rotatable bonds is 6. The van der Waals surface area contributed by atoms with Crippen LogP contribution in [-0.2, 0) is 30.4 Å². The van der Waals surface area contributed by atoms with Gasteiger partial charge in [0.2, 0.25) is 0 Å². The van der Waals surface area contributed by atoms with Gasteiger partial charge in [-0.15, -0.1) is 10.2 Å². The first-order valence-corrected chi connectivity index (χ1v) is 13.2. The Labute approximate surface area is 282 Å². The van der Waals surface area contributed by atoms with Crippen LogP contribution < -0.4 is 16.8 Å². The summed E-state index contributed by atoms with van der Waals surface area (Å²) in [6.45, 7) is 0. The van der Waals surface area contributed by atoms with Crippen LogP contribution in [0.5, 0.6) is 0 Å². The second kappa shape index (κ2) is 13.8. The van der Waals surface area contributed by atoms with Crippen molar-refractivity contribution in [3.05, 3.63) is 42.5 Å². The molecule has 0 heterocycles. The van der Waals surface area contributed by atoms with Crippen LogP contribution >= 0.6 is 0 Å². The van der Waals surface area contributed by atoms with E-state index in [0.29, 0.717) is 18.2 Å². The van der Waals surface area contributed by atoms with Gasteiger partial charge in [0.15, 0.2) is 0 Å². The van der Waals surface area contributed by atoms with Crippen molar-refractivity contribution in [3.63, 3.8) is 0 Å². The molecule has 21 heteroatoms. The van der Waals surface area contributed by atoms with Crippen LogP contribution in [0.4, 0.5) is 27.5 Å². The van der Waals surface area contributed by atoms with Gasteiger partial charge in [-0.3, -0.25) is 13.7 Å². The van der Waals surface area contributed by atoms with Crippen molar-refractivity contribution in [2.24, 2.45) is 16.0 Å². The van der Waals surface area contributed by atoms with Gasteiger partial charge >= 0.3 is 94.7 Å². The SMILES string of the molecule is NC(=O)Nc1cc(N)ccc1/N=N/c1cc2c(S(=O)(=O)O)cc(S(=O)(=O)O)cc2cc1S(=O)(=O)O.[NaH].[NaH].[NaH]. The van der Waals surface area contributed by atoms with Gasteiger partial charge in [0.25, 0.3) is 30.4 Å². The van der Waals surface area contributed by atoms with Crippen molar-refractivity contribution in [1.29, 1.82) is 0 Å². The van der Waals surface area contributed by atoms with Crippen LogP contribution in [0.2, 0.25) is 0 Å². The second-order valence-corrected chi connectivity index (χ2v) is 11.1. The Balaban J connectivity index is 0.00000456. The van der Waals surface area contributed by atoms with E-state index in [0.717, 1.165) is 6.07 Å². The Bertz CT molecular complexity index is 1750. The van der Waals surface area contributed by atoms with Crippen molar-refractivity contribution in [1.82, 2.24) is 0 Å². The molecule has 0 unspecified atom stereocenters. The third-order valence-corrected chi connectivity index (χ3v) is 6.97. The summed E-state index contributed by atoms with van der Waals surface area (Å²) in [7, 11) is -15.1. The van der Waals surface area contributed by atoms with E-state index in [9.17, 15) is 43.7 Å². The number of nitrogen functional groups attached to an aromatic ring is 1. The number of fused-ring (bicyclic) bond motifs is 1. The third kappa shape index (κ3) is 9.18. The second-order valence-electron chi connectivity index (χ2n) is 6.85. The molecule has 15 nitrogen and oxygen atoms in total. The number of nitrogens with one attached hydrogen (secondary N) is 1. The van der Waals surface area contributed by atoms with E-state index in [2.05, 4.69) is 15.5 Å². The van der Waals surface area contributed by atoms with Crippen LogP contribution in [-0.4, -0.2) is 134 Å². The van der Waals surface area contributed by atoms with Gasteiger partial charge in [-0.25, -0.2) is 4.79 Å². The predicted octanol–water partition coefficient (Wildman–Crippen LogP) is 0.123. The number of primary amides is 1. The standard InChI is InChI=1S/C17H15N5O10S3.3Na.3H/c18-9-1-2-12(13(5-9)20-17(19)23)21-22-14-7-11-8(4-16(14)35(30,31)32)3-10(33(24,25)26)6-15(11)34(27,28)29;;;;;;/h1-7H,18H2,(H3,19,20,23)(H,24,25,26)(H,27,28,29)(H,30,31,32);;;;;;/b22-21+;;;;;;. The Morgan fingerprint density at radius 2 is 1.29 bits per heavy atom. The Morgan fingerprint density at radius 1 is 0.737 bits per heavy atom. The van der Waals surface area contributed by atoms with Crippen molar-refractivity contribution in [2.75, 3.05) is 11.1 Å². The fourth-order valence-corrected chi connectivity index (χ4v) is 4.94. The van der Waals surface area contributed by atoms with E-state index in [1.165, 1.54) is 18.2 Å². The minimum absolute atomic E-state index is 0. The summed E-state index contributed by atoms with van der Waals surface area (Å²) >= 11 is 0. The Hall–Kier alpha value is -0.680. The summed E-state index contributed by atoms with van der Waals surface area (Å²) in [5, 5.41) is 8.85. The number of nitrogens with two attached hydrogens (primary N) is 2. The molecule has 3 aromatic rings. The number of hydrogen-bond acceptors (Lipinski definition) is 10. The molecule has 192 valence electrons. The first kappa shape index (κ1) is 37.3. The van der Waals surface area contributed by atoms with Gasteiger partial charge in [-0.1, -0.05) is 0 Å². The zero-order chi connectivity index (χ0) is 26.3. The zero-order valence-electron chi connectivity index (χ0n) is 17.0. The monoisotopic (exact) mass is 617 g/mol. The van der Waals surface area contributed by atoms with E-state index in [1.807, 2.05) is 0 Å². The summed E-state index contributed by atoms with van der Waals surface area (Å²) in [4.78, 5) is 8.30. The Kier molecular flexibility index (Phi) is 13.5. The molecule has 0 aliphatic carbocycles. The molecule has 0 aliphatic rings. The third-order valence-electron chi connectivity index (χ3n) is 4.37. The number of benzene rings is 3. The van der Waals surface area contributed by atoms with Crippen LogP contribution in [0.25, 0.3) is 10.8 Å². The molecule has 3 aromatic carbocycles. The average Bonchev–Trinajstić information content (AvgIpc) is 2.69. The van der Waals surface area contributed by atoms with Crippen LogP contribution in [0.15, 0.2) is 67.4 Å². The molecular formula is C17H18N5Na3O10S3. The van der Waals surface area contributed by atoms with Crippen molar-refractivity contribution in [3.8, 4) is 0 Å². The van der Waals surface area contributed by atoms with Gasteiger partial charge < -0.3 is 16.8 Å². The van der Waals surface area contributed by atoms with Crippen molar-refractivity contribution < 1.29 is 43.7 Å². The molecule has 0 saturated heterocycles. The van der Waals surface area contributed by atoms with Crippen molar-refractivity contribution in [2.45, 2.75) is 14.7 Å². The Morgan fingerprint density at radius 3 is 1.79 bits per heavy atom. The first-order chi connectivity index (χ1) is 16.0. The van der Waals surface area contributed by atoms with Crippen molar-refractivity contribution >= 4 is 159 Å². The first-order valence-electron chi connectivity index (χ1n) is 8.89. The number of carbonyl (C=O) groups is 1. The number of hydrogen-bond donors (Lipinski definition) is 6. The number of amides is 2. The fourth-order valence-electron chi connectivity index (χ4n) is 2.95. The van der Waals surface area contributed by atoms with Crippen LogP contribution in [0, 0.1) is 0 Å². The molecule has 38 heavy (non-hydrogen) atoms. The molecule has 3 rings (SSSR count). The van der Waals surface area contributed by atoms with Crippen LogP contribution in [0.3, 0.4) is 0 Å². The maximum atomic E-state index is 12.0. The molecule has 0 aromatic heterocycles. The summed E-state index contributed by atoms with van der Waals surface area (Å²) in [6.07, 6.45) is 0. The molecular weight excluding hydrogens is 599 g/mol. The summed E-state index contributed by atoms with van der Waals surface area (Å²) in [5.41, 5.74) is 10.2. The minimum atomic E-state index is -5.10. The number of carbonyl (C=O) groups excluding carboxylic acids is 1. The molecule has 0 atom stereocenters. The van der Waals surface area contributed by atoms with E-state index >= 15 is 0 Å². The molecule has 0 fully saturated rings. The van der Waals surface area contributed by atoms with E-state index in [1.54, 1.807) is 0 Å². The van der Waals surface area contributed by atoms with E-state index in [-0.39, 0.29) is 106 Å². The summed E-state index contributed by atoms with van der Waals surface area (Å²) in [6, 6.07) is 5.52. The quantitative estimate of drug-likeness (QED) is 0.0936. The van der Waals surface area contributed by atoms with Gasteiger partial charge in [0.1, 0.15) is 21.2 Å². The summed E-state index contributed by atoms with van der Waals surface area (Å²) in [5.74, 6) is 0. The van der Waals surface area contributed by atoms with Gasteiger partial charge in [0, 0.05) is 11.1 Å². The molecule has 0 saturated carbocycles. The zero-order valence-corrected chi connectivity index (χ0v) is 19.5. The number of azo groups is 1. The normalized spacial score (nSPS) is 11.8. The number of urea groups is 1. The van der Waals surface area contributed by atoms with E-state index in [4.69, 9.17) is 11.5 Å². The molecule has 2 amide bonds. The molecule has 0 bridgehead atoms. The number of nitrogens with zero attached hydrogens (tertiary/aromatic N) is 2. The average molecular weight is 618 g/mol. The fraction of sp³-hybridized carbons (Fsp3) is 0. The van der Waals surface area contributed by atoms with Gasteiger partial charge in [0.05, 0.1) is 10.6 Å². The number of anilines is 2. The van der Waals surface area contributed by atoms with E-state index < -0.39 is 67.5 Å². The van der Waals surface area contributed by atoms with Gasteiger partial charge in [-0.05, 0) is 47.9 Å².